The van der Waals surface area contributed by atoms with Gasteiger partial charge in [0, 0.05) is 5.56 Å². The predicted octanol–water partition coefficient (Wildman–Crippen LogP) is 3.07. The molecular formula is C13H10F4N2O2. The highest BCUT2D eigenvalue weighted by atomic mass is 19.4. The summed E-state index contributed by atoms with van der Waals surface area (Å²) in [5.41, 5.74) is -1.78. The fourth-order valence-electron chi connectivity index (χ4n) is 1.62. The molecule has 1 aromatic carbocycles. The van der Waals surface area contributed by atoms with Gasteiger partial charge in [0.15, 0.2) is 0 Å². The first-order chi connectivity index (χ1) is 9.77. The molecule has 0 aliphatic carbocycles. The summed E-state index contributed by atoms with van der Waals surface area (Å²) in [6.07, 6.45) is -3.42. The van der Waals surface area contributed by atoms with Gasteiger partial charge >= 0.3 is 6.18 Å². The number of rotatable bonds is 3. The number of carbonyl (C=O) groups excluding carboxylic acids is 1. The minimum Gasteiger partial charge on any atom is -0.444 e. The molecule has 112 valence electrons. The quantitative estimate of drug-likeness (QED) is 0.887. The number of nitrogens with one attached hydrogen (secondary N) is 1. The van der Waals surface area contributed by atoms with Gasteiger partial charge in [-0.1, -0.05) is 0 Å². The first kappa shape index (κ1) is 15.0. The highest BCUT2D eigenvalue weighted by Gasteiger charge is 2.34. The molecule has 0 atom stereocenters. The van der Waals surface area contributed by atoms with Crippen molar-refractivity contribution in [1.82, 2.24) is 10.3 Å². The summed E-state index contributed by atoms with van der Waals surface area (Å²) < 4.78 is 55.9. The smallest absolute Gasteiger partial charge is 0.419 e. The number of aromatic nitrogens is 1. The van der Waals surface area contributed by atoms with Gasteiger partial charge in [0.1, 0.15) is 11.6 Å². The maximum absolute atomic E-state index is 13.1. The second kappa shape index (κ2) is 5.55. The number of oxazole rings is 1. The minimum atomic E-state index is -4.86. The van der Waals surface area contributed by atoms with Crippen molar-refractivity contribution in [2.24, 2.45) is 0 Å². The molecule has 0 aliphatic rings. The molecule has 0 saturated carbocycles. The maximum atomic E-state index is 13.1. The van der Waals surface area contributed by atoms with Crippen molar-refractivity contribution >= 4 is 5.91 Å². The molecule has 0 fully saturated rings. The Morgan fingerprint density at radius 1 is 1.38 bits per heavy atom. The van der Waals surface area contributed by atoms with E-state index < -0.39 is 23.5 Å². The zero-order valence-electron chi connectivity index (χ0n) is 10.8. The average molecular weight is 302 g/mol. The third-order valence-corrected chi connectivity index (χ3v) is 2.60. The number of nitrogens with zero attached hydrogens (tertiary/aromatic N) is 1. The van der Waals surface area contributed by atoms with Crippen molar-refractivity contribution in [3.05, 3.63) is 53.0 Å². The van der Waals surface area contributed by atoms with Crippen LogP contribution in [0.3, 0.4) is 0 Å². The highest BCUT2D eigenvalue weighted by Crippen LogP contribution is 2.31. The van der Waals surface area contributed by atoms with E-state index in [0.717, 1.165) is 6.07 Å². The summed E-state index contributed by atoms with van der Waals surface area (Å²) in [5.74, 6) is -1.45. The number of aryl methyl sites for hydroxylation is 1. The van der Waals surface area contributed by atoms with E-state index >= 15 is 0 Å². The molecule has 8 heteroatoms. The Morgan fingerprint density at radius 3 is 2.67 bits per heavy atom. The monoisotopic (exact) mass is 302 g/mol. The molecule has 2 aromatic rings. The molecule has 0 unspecified atom stereocenters. The molecule has 0 spiro atoms. The van der Waals surface area contributed by atoms with Gasteiger partial charge in [0.25, 0.3) is 5.91 Å². The van der Waals surface area contributed by atoms with Crippen LogP contribution in [-0.2, 0) is 12.7 Å². The Hall–Kier alpha value is -2.38. The molecular weight excluding hydrogens is 292 g/mol. The Bertz CT molecular complexity index is 664. The number of amides is 1. The first-order valence-electron chi connectivity index (χ1n) is 5.83. The van der Waals surface area contributed by atoms with Gasteiger partial charge in [-0.3, -0.25) is 4.79 Å². The van der Waals surface area contributed by atoms with Crippen molar-refractivity contribution in [2.45, 2.75) is 19.6 Å². The summed E-state index contributed by atoms with van der Waals surface area (Å²) >= 11 is 0. The van der Waals surface area contributed by atoms with Gasteiger partial charge in [0.05, 0.1) is 18.3 Å². The number of halogens is 4. The van der Waals surface area contributed by atoms with Gasteiger partial charge in [-0.25, -0.2) is 9.37 Å². The molecule has 0 saturated heterocycles. The highest BCUT2D eigenvalue weighted by molar-refractivity contribution is 5.94. The van der Waals surface area contributed by atoms with Crippen LogP contribution in [0.1, 0.15) is 27.6 Å². The van der Waals surface area contributed by atoms with Crippen LogP contribution in [-0.4, -0.2) is 10.9 Å². The largest absolute Gasteiger partial charge is 0.444 e. The summed E-state index contributed by atoms with van der Waals surface area (Å²) in [6, 6.07) is 2.04. The number of hydrogen-bond donors (Lipinski definition) is 1. The van der Waals surface area contributed by atoms with Crippen LogP contribution in [0.15, 0.2) is 28.8 Å². The van der Waals surface area contributed by atoms with Gasteiger partial charge in [0.2, 0.25) is 5.89 Å². The zero-order chi connectivity index (χ0) is 15.6. The van der Waals surface area contributed by atoms with Crippen LogP contribution in [0.2, 0.25) is 0 Å². The van der Waals surface area contributed by atoms with Gasteiger partial charge in [-0.15, -0.1) is 0 Å². The number of hydrogen-bond acceptors (Lipinski definition) is 3. The Balaban J connectivity index is 2.12. The standard InChI is InChI=1S/C13H10F4N2O2/c1-7-5-18-11(21-7)6-19-12(20)8-2-3-10(14)9(4-8)13(15,16)17/h2-5H,6H2,1H3,(H,19,20). The summed E-state index contributed by atoms with van der Waals surface area (Å²) in [7, 11) is 0. The second-order valence-electron chi connectivity index (χ2n) is 4.24. The van der Waals surface area contributed by atoms with E-state index in [0.29, 0.717) is 17.9 Å². The lowest BCUT2D eigenvalue weighted by molar-refractivity contribution is -0.140. The predicted molar refractivity (Wildman–Crippen MR) is 63.8 cm³/mol. The third kappa shape index (κ3) is 3.59. The fourth-order valence-corrected chi connectivity index (χ4v) is 1.62. The van der Waals surface area contributed by atoms with Crippen molar-refractivity contribution in [1.29, 1.82) is 0 Å². The lowest BCUT2D eigenvalue weighted by atomic mass is 10.1. The molecule has 4 nitrogen and oxygen atoms in total. The van der Waals surface area contributed by atoms with Crippen LogP contribution < -0.4 is 5.32 Å². The molecule has 1 N–H and O–H groups in total. The second-order valence-corrected chi connectivity index (χ2v) is 4.24. The molecule has 2 rings (SSSR count). The first-order valence-corrected chi connectivity index (χ1v) is 5.83. The van der Waals surface area contributed by atoms with Gasteiger partial charge in [-0.05, 0) is 25.1 Å². The van der Waals surface area contributed by atoms with Crippen LogP contribution in [0, 0.1) is 12.7 Å². The topological polar surface area (TPSA) is 55.1 Å². The Kier molecular flexibility index (Phi) is 3.97. The van der Waals surface area contributed by atoms with Gasteiger partial charge < -0.3 is 9.73 Å². The molecule has 1 aromatic heterocycles. The molecule has 0 bridgehead atoms. The van der Waals surface area contributed by atoms with E-state index in [2.05, 4.69) is 10.3 Å². The lowest BCUT2D eigenvalue weighted by Gasteiger charge is -2.10. The van der Waals surface area contributed by atoms with E-state index in [4.69, 9.17) is 4.42 Å². The normalized spacial score (nSPS) is 11.5. The van der Waals surface area contributed by atoms with Crippen molar-refractivity contribution in [3.8, 4) is 0 Å². The van der Waals surface area contributed by atoms with Crippen molar-refractivity contribution in [3.63, 3.8) is 0 Å². The maximum Gasteiger partial charge on any atom is 0.419 e. The third-order valence-electron chi connectivity index (χ3n) is 2.60. The van der Waals surface area contributed by atoms with Crippen molar-refractivity contribution in [2.75, 3.05) is 0 Å². The van der Waals surface area contributed by atoms with Crippen LogP contribution in [0.4, 0.5) is 17.6 Å². The summed E-state index contributed by atoms with van der Waals surface area (Å²) in [5, 5.41) is 2.34. The molecule has 0 aliphatic heterocycles. The number of benzene rings is 1. The summed E-state index contributed by atoms with van der Waals surface area (Å²) in [6.45, 7) is 1.58. The van der Waals surface area contributed by atoms with E-state index in [1.807, 2.05) is 0 Å². The Morgan fingerprint density at radius 2 is 2.10 bits per heavy atom. The molecule has 1 amide bonds. The van der Waals surface area contributed by atoms with Crippen LogP contribution in [0.25, 0.3) is 0 Å². The van der Waals surface area contributed by atoms with E-state index in [-0.39, 0.29) is 18.0 Å². The van der Waals surface area contributed by atoms with Gasteiger partial charge in [-0.2, -0.15) is 13.2 Å². The lowest BCUT2D eigenvalue weighted by Crippen LogP contribution is -2.23. The summed E-state index contributed by atoms with van der Waals surface area (Å²) in [4.78, 5) is 15.6. The van der Waals surface area contributed by atoms with E-state index in [9.17, 15) is 22.4 Å². The van der Waals surface area contributed by atoms with E-state index in [1.165, 1.54) is 6.20 Å². The van der Waals surface area contributed by atoms with Crippen LogP contribution in [0.5, 0.6) is 0 Å². The minimum absolute atomic E-state index is 0.0780. The molecule has 0 radical (unpaired) electrons. The SMILES string of the molecule is Cc1cnc(CNC(=O)c2ccc(F)c(C(F)(F)F)c2)o1. The van der Waals surface area contributed by atoms with Crippen molar-refractivity contribution < 1.29 is 26.8 Å². The number of alkyl halides is 3. The molecule has 1 heterocycles. The van der Waals surface area contributed by atoms with Crippen LogP contribution >= 0.6 is 0 Å². The molecule has 21 heavy (non-hydrogen) atoms. The number of carbonyl (C=O) groups is 1. The Labute approximate surface area is 116 Å². The average Bonchev–Trinajstić information content (AvgIpc) is 2.81. The van der Waals surface area contributed by atoms with E-state index in [1.54, 1.807) is 6.92 Å². The fraction of sp³-hybridized carbons (Fsp3) is 0.231. The zero-order valence-corrected chi connectivity index (χ0v) is 10.8.